The van der Waals surface area contributed by atoms with Crippen molar-refractivity contribution in [2.75, 3.05) is 0 Å². The summed E-state index contributed by atoms with van der Waals surface area (Å²) in [4.78, 5) is 11.7. The van der Waals surface area contributed by atoms with Crippen molar-refractivity contribution in [3.8, 4) is 6.07 Å². The average Bonchev–Trinajstić information content (AvgIpc) is 2.73. The Hall–Kier alpha value is -2.15. The Labute approximate surface area is 167 Å². The molecular formula is C24H30FNO2. The van der Waals surface area contributed by atoms with Crippen LogP contribution in [-0.4, -0.2) is 12.1 Å². The first kappa shape index (κ1) is 20.6. The van der Waals surface area contributed by atoms with Gasteiger partial charge in [-0.25, -0.2) is 9.18 Å². The molecule has 4 heteroatoms. The number of carbonyl (C=O) groups excluding carboxylic acids is 1. The van der Waals surface area contributed by atoms with E-state index in [2.05, 4.69) is 0 Å². The van der Waals surface area contributed by atoms with Crippen LogP contribution in [0.2, 0.25) is 0 Å². The Morgan fingerprint density at radius 2 is 1.79 bits per heavy atom. The molecule has 0 radical (unpaired) electrons. The van der Waals surface area contributed by atoms with E-state index >= 15 is 0 Å². The fourth-order valence-corrected chi connectivity index (χ4v) is 4.90. The van der Waals surface area contributed by atoms with Crippen LogP contribution in [0.25, 0.3) is 0 Å². The van der Waals surface area contributed by atoms with Crippen molar-refractivity contribution >= 4 is 5.97 Å². The van der Waals surface area contributed by atoms with E-state index in [4.69, 9.17) is 10.00 Å². The topological polar surface area (TPSA) is 50.1 Å². The van der Waals surface area contributed by atoms with Crippen molar-refractivity contribution in [2.24, 2.45) is 11.8 Å². The fraction of sp³-hybridized carbons (Fsp3) is 0.583. The quantitative estimate of drug-likeness (QED) is 0.460. The first-order chi connectivity index (χ1) is 13.6. The Morgan fingerprint density at radius 3 is 2.36 bits per heavy atom. The third-order valence-electron chi connectivity index (χ3n) is 6.51. The van der Waals surface area contributed by atoms with E-state index in [1.165, 1.54) is 12.8 Å². The number of nitriles is 1. The van der Waals surface area contributed by atoms with E-state index in [1.54, 1.807) is 18.2 Å². The van der Waals surface area contributed by atoms with E-state index in [0.29, 0.717) is 5.92 Å². The highest BCUT2D eigenvalue weighted by atomic mass is 19.1. The minimum Gasteiger partial charge on any atom is -0.459 e. The lowest BCUT2D eigenvalue weighted by molar-refractivity contribution is -0.145. The molecule has 0 atom stereocenters. The first-order valence-corrected chi connectivity index (χ1v) is 10.7. The molecule has 1 aromatic carbocycles. The van der Waals surface area contributed by atoms with E-state index in [9.17, 15) is 9.18 Å². The van der Waals surface area contributed by atoms with Gasteiger partial charge in [0.1, 0.15) is 18.0 Å². The molecule has 2 fully saturated rings. The number of esters is 1. The standard InChI is InChI=1S/C24H30FNO2/c1-2-3-4-24(27)28-22-13-11-18(12-14-22)17-5-7-19(8-6-17)20-9-10-21(16-26)23(25)15-20/h3-4,9-10,15,17-19,22H,2,5-8,11-14H2,1H3/b4-3+. The summed E-state index contributed by atoms with van der Waals surface area (Å²) in [6, 6.07) is 6.96. The van der Waals surface area contributed by atoms with Crippen molar-refractivity contribution in [1.29, 1.82) is 5.26 Å². The smallest absolute Gasteiger partial charge is 0.330 e. The molecule has 2 aliphatic rings. The van der Waals surface area contributed by atoms with Gasteiger partial charge in [-0.1, -0.05) is 19.1 Å². The van der Waals surface area contributed by atoms with Gasteiger partial charge in [0.2, 0.25) is 0 Å². The molecular weight excluding hydrogens is 353 g/mol. The van der Waals surface area contributed by atoms with Gasteiger partial charge in [0, 0.05) is 6.08 Å². The highest BCUT2D eigenvalue weighted by Gasteiger charge is 2.32. The molecule has 0 aliphatic heterocycles. The molecule has 0 N–H and O–H groups in total. The Balaban J connectivity index is 1.45. The molecule has 0 bridgehead atoms. The molecule has 150 valence electrons. The monoisotopic (exact) mass is 383 g/mol. The van der Waals surface area contributed by atoms with Crippen LogP contribution in [0.4, 0.5) is 4.39 Å². The second-order valence-corrected chi connectivity index (χ2v) is 8.25. The molecule has 0 aromatic heterocycles. The summed E-state index contributed by atoms with van der Waals surface area (Å²) in [6.45, 7) is 2.00. The summed E-state index contributed by atoms with van der Waals surface area (Å²) < 4.78 is 19.5. The Morgan fingerprint density at radius 1 is 1.14 bits per heavy atom. The number of ether oxygens (including phenoxy) is 1. The van der Waals surface area contributed by atoms with E-state index < -0.39 is 5.82 Å². The van der Waals surface area contributed by atoms with Gasteiger partial charge in [0.05, 0.1) is 5.56 Å². The van der Waals surface area contributed by atoms with E-state index in [1.807, 2.05) is 25.1 Å². The third-order valence-corrected chi connectivity index (χ3v) is 6.51. The Bertz CT molecular complexity index is 735. The molecule has 2 aliphatic carbocycles. The minimum absolute atomic E-state index is 0.0724. The van der Waals surface area contributed by atoms with Crippen LogP contribution in [0.5, 0.6) is 0 Å². The molecule has 0 amide bonds. The van der Waals surface area contributed by atoms with Gasteiger partial charge >= 0.3 is 5.97 Å². The third kappa shape index (κ3) is 5.22. The molecule has 0 spiro atoms. The van der Waals surface area contributed by atoms with Crippen molar-refractivity contribution in [3.63, 3.8) is 0 Å². The molecule has 2 saturated carbocycles. The number of hydrogen-bond donors (Lipinski definition) is 0. The molecule has 0 saturated heterocycles. The molecule has 0 heterocycles. The number of benzene rings is 1. The number of nitrogens with zero attached hydrogens (tertiary/aromatic N) is 1. The lowest BCUT2D eigenvalue weighted by Gasteiger charge is -2.37. The van der Waals surface area contributed by atoms with Crippen LogP contribution < -0.4 is 0 Å². The lowest BCUT2D eigenvalue weighted by atomic mass is 9.69. The average molecular weight is 384 g/mol. The van der Waals surface area contributed by atoms with Crippen molar-refractivity contribution in [1.82, 2.24) is 0 Å². The zero-order valence-electron chi connectivity index (χ0n) is 16.7. The van der Waals surface area contributed by atoms with Crippen LogP contribution in [0, 0.1) is 29.0 Å². The summed E-state index contributed by atoms with van der Waals surface area (Å²) in [7, 11) is 0. The zero-order valence-corrected chi connectivity index (χ0v) is 16.7. The number of rotatable bonds is 5. The van der Waals surface area contributed by atoms with Crippen LogP contribution in [0.15, 0.2) is 30.4 Å². The fourth-order valence-electron chi connectivity index (χ4n) is 4.90. The maximum absolute atomic E-state index is 13.9. The van der Waals surface area contributed by atoms with Crippen molar-refractivity contribution < 1.29 is 13.9 Å². The van der Waals surface area contributed by atoms with Crippen molar-refractivity contribution in [3.05, 3.63) is 47.3 Å². The molecule has 0 unspecified atom stereocenters. The molecule has 1 aromatic rings. The second-order valence-electron chi connectivity index (χ2n) is 8.25. The van der Waals surface area contributed by atoms with Crippen LogP contribution in [-0.2, 0) is 9.53 Å². The lowest BCUT2D eigenvalue weighted by Crippen LogP contribution is -2.29. The van der Waals surface area contributed by atoms with E-state index in [0.717, 1.165) is 62.3 Å². The van der Waals surface area contributed by atoms with Gasteiger partial charge in [0.25, 0.3) is 0 Å². The maximum atomic E-state index is 13.9. The number of allylic oxidation sites excluding steroid dienone is 1. The highest BCUT2D eigenvalue weighted by molar-refractivity contribution is 5.82. The normalized spacial score (nSPS) is 28.0. The SMILES string of the molecule is CC/C=C/C(=O)OC1CCC(C2CCC(c3ccc(C#N)c(F)c3)CC2)CC1. The largest absolute Gasteiger partial charge is 0.459 e. The summed E-state index contributed by atoms with van der Waals surface area (Å²) in [5, 5.41) is 8.88. The molecule has 3 nitrogen and oxygen atoms in total. The molecule has 3 rings (SSSR count). The maximum Gasteiger partial charge on any atom is 0.330 e. The van der Waals surface area contributed by atoms with Crippen LogP contribution in [0.3, 0.4) is 0 Å². The summed E-state index contributed by atoms with van der Waals surface area (Å²) in [5.74, 6) is 1.25. The van der Waals surface area contributed by atoms with Crippen molar-refractivity contribution in [2.45, 2.75) is 76.7 Å². The highest BCUT2D eigenvalue weighted by Crippen LogP contribution is 2.43. The van der Waals surface area contributed by atoms with Crippen LogP contribution >= 0.6 is 0 Å². The zero-order chi connectivity index (χ0) is 19.9. The van der Waals surface area contributed by atoms with Gasteiger partial charge in [-0.15, -0.1) is 0 Å². The molecule has 28 heavy (non-hydrogen) atoms. The number of carbonyl (C=O) groups is 1. The minimum atomic E-state index is -0.399. The van der Waals surface area contributed by atoms with Crippen LogP contribution in [0.1, 0.15) is 81.8 Å². The second kappa shape index (κ2) is 9.87. The Kier molecular flexibility index (Phi) is 7.25. The van der Waals surface area contributed by atoms with E-state index in [-0.39, 0.29) is 17.6 Å². The number of halogens is 1. The summed E-state index contributed by atoms with van der Waals surface area (Å²) in [6.07, 6.45) is 13.1. The predicted molar refractivity (Wildman–Crippen MR) is 107 cm³/mol. The van der Waals surface area contributed by atoms with Gasteiger partial charge in [-0.2, -0.15) is 5.26 Å². The van der Waals surface area contributed by atoms with Gasteiger partial charge in [0.15, 0.2) is 0 Å². The number of hydrogen-bond acceptors (Lipinski definition) is 3. The van der Waals surface area contributed by atoms with Gasteiger partial charge in [-0.05, 0) is 93.2 Å². The summed E-state index contributed by atoms with van der Waals surface area (Å²) >= 11 is 0. The first-order valence-electron chi connectivity index (χ1n) is 10.7. The predicted octanol–water partition coefficient (Wildman–Crippen LogP) is 6.04. The summed E-state index contributed by atoms with van der Waals surface area (Å²) in [5.41, 5.74) is 1.16. The van der Waals surface area contributed by atoms with Gasteiger partial charge in [-0.3, -0.25) is 0 Å². The van der Waals surface area contributed by atoms with Gasteiger partial charge < -0.3 is 4.74 Å².